The van der Waals surface area contributed by atoms with E-state index >= 15 is 0 Å². The Hall–Kier alpha value is -2.38. The molecule has 2 heterocycles. The fourth-order valence-electron chi connectivity index (χ4n) is 1.30. The Morgan fingerprint density at radius 2 is 1.95 bits per heavy atom. The van der Waals surface area contributed by atoms with Gasteiger partial charge in [0.05, 0.1) is 6.10 Å². The number of nitrogens with zero attached hydrogens (tertiary/aromatic N) is 4. The summed E-state index contributed by atoms with van der Waals surface area (Å²) in [6, 6.07) is 2.07. The molecular formula is C11H16N6O2. The minimum Gasteiger partial charge on any atom is -0.461 e. The molecule has 8 heteroatoms. The smallest absolute Gasteiger partial charge is 0.331 e. The van der Waals surface area contributed by atoms with Crippen molar-refractivity contribution in [2.75, 3.05) is 12.4 Å². The molecule has 0 spiro atoms. The van der Waals surface area contributed by atoms with E-state index in [0.29, 0.717) is 11.8 Å². The van der Waals surface area contributed by atoms with Crippen molar-refractivity contribution in [2.24, 2.45) is 0 Å². The van der Waals surface area contributed by atoms with Crippen molar-refractivity contribution < 1.29 is 9.47 Å². The van der Waals surface area contributed by atoms with Gasteiger partial charge in [-0.05, 0) is 20.8 Å². The first kappa shape index (κ1) is 13.1. The van der Waals surface area contributed by atoms with Crippen LogP contribution < -0.4 is 14.8 Å². The molecule has 8 nitrogen and oxygen atoms in total. The lowest BCUT2D eigenvalue weighted by Gasteiger charge is -2.09. The zero-order valence-electron chi connectivity index (χ0n) is 11.3. The number of ether oxygens (including phenoxy) is 2. The minimum absolute atomic E-state index is 0.0346. The number of hydrogen-bond donors (Lipinski definition) is 2. The Morgan fingerprint density at radius 1 is 1.21 bits per heavy atom. The SMILES string of the molecule is CNc1nc(Oc2cc(C)[nH]n2)nc(OC(C)C)n1. The molecule has 0 unspecified atom stereocenters. The standard InChI is InChI=1S/C11H16N6O2/c1-6(2)18-10-13-9(12-4)14-11(15-10)19-8-5-7(3)16-17-8/h5-6H,1-4H3,(H,16,17)(H,12,13,14,15). The van der Waals surface area contributed by atoms with Crippen LogP contribution in [-0.2, 0) is 0 Å². The first-order chi connectivity index (χ1) is 9.06. The van der Waals surface area contributed by atoms with Gasteiger partial charge in [0.25, 0.3) is 0 Å². The van der Waals surface area contributed by atoms with Crippen LogP contribution in [0.3, 0.4) is 0 Å². The highest BCUT2D eigenvalue weighted by atomic mass is 16.5. The van der Waals surface area contributed by atoms with Gasteiger partial charge >= 0.3 is 12.0 Å². The van der Waals surface area contributed by atoms with Crippen molar-refractivity contribution in [1.29, 1.82) is 0 Å². The summed E-state index contributed by atoms with van der Waals surface area (Å²) in [4.78, 5) is 12.2. The number of aromatic nitrogens is 5. The van der Waals surface area contributed by atoms with Crippen molar-refractivity contribution in [1.82, 2.24) is 25.1 Å². The maximum atomic E-state index is 5.44. The molecule has 0 radical (unpaired) electrons. The van der Waals surface area contributed by atoms with Crippen LogP contribution in [0, 0.1) is 6.92 Å². The van der Waals surface area contributed by atoms with Crippen molar-refractivity contribution in [3.8, 4) is 17.9 Å². The van der Waals surface area contributed by atoms with Crippen LogP contribution in [0.1, 0.15) is 19.5 Å². The van der Waals surface area contributed by atoms with Crippen LogP contribution in [-0.4, -0.2) is 38.3 Å². The molecule has 0 aliphatic heterocycles. The number of nitrogens with one attached hydrogen (secondary N) is 2. The lowest BCUT2D eigenvalue weighted by Crippen LogP contribution is -2.11. The fraction of sp³-hybridized carbons (Fsp3) is 0.455. The molecule has 0 amide bonds. The van der Waals surface area contributed by atoms with Crippen molar-refractivity contribution >= 4 is 5.95 Å². The zero-order chi connectivity index (χ0) is 13.8. The third-order valence-corrected chi connectivity index (χ3v) is 2.04. The maximum absolute atomic E-state index is 5.44. The van der Waals surface area contributed by atoms with E-state index in [0.717, 1.165) is 5.69 Å². The minimum atomic E-state index is -0.0346. The number of hydrogen-bond acceptors (Lipinski definition) is 7. The molecule has 2 N–H and O–H groups in total. The van der Waals surface area contributed by atoms with E-state index in [1.54, 1.807) is 13.1 Å². The first-order valence-corrected chi connectivity index (χ1v) is 5.87. The highest BCUT2D eigenvalue weighted by Crippen LogP contribution is 2.19. The predicted octanol–water partition coefficient (Wildman–Crippen LogP) is 1.52. The van der Waals surface area contributed by atoms with Gasteiger partial charge in [-0.15, -0.1) is 10.1 Å². The van der Waals surface area contributed by atoms with E-state index in [1.807, 2.05) is 20.8 Å². The van der Waals surface area contributed by atoms with E-state index in [-0.39, 0.29) is 18.1 Å². The molecule has 19 heavy (non-hydrogen) atoms. The number of aryl methyl sites for hydroxylation is 1. The molecule has 0 saturated carbocycles. The summed E-state index contributed by atoms with van der Waals surface area (Å²) in [5, 5.41) is 9.54. The van der Waals surface area contributed by atoms with Crippen molar-refractivity contribution in [3.63, 3.8) is 0 Å². The second kappa shape index (κ2) is 5.51. The zero-order valence-corrected chi connectivity index (χ0v) is 11.3. The van der Waals surface area contributed by atoms with Gasteiger partial charge in [0.15, 0.2) is 0 Å². The number of rotatable bonds is 5. The lowest BCUT2D eigenvalue weighted by molar-refractivity contribution is 0.218. The monoisotopic (exact) mass is 264 g/mol. The molecule has 2 aromatic heterocycles. The summed E-state index contributed by atoms with van der Waals surface area (Å²) in [5.41, 5.74) is 0.886. The maximum Gasteiger partial charge on any atom is 0.331 e. The Balaban J connectivity index is 2.23. The van der Waals surface area contributed by atoms with E-state index in [2.05, 4.69) is 30.5 Å². The number of anilines is 1. The van der Waals surface area contributed by atoms with Crippen LogP contribution in [0.2, 0.25) is 0 Å². The third-order valence-electron chi connectivity index (χ3n) is 2.04. The van der Waals surface area contributed by atoms with Crippen LogP contribution in [0.4, 0.5) is 5.95 Å². The van der Waals surface area contributed by atoms with Gasteiger partial charge in [-0.3, -0.25) is 5.10 Å². The van der Waals surface area contributed by atoms with Crippen LogP contribution in [0.25, 0.3) is 0 Å². The van der Waals surface area contributed by atoms with Crippen molar-refractivity contribution in [2.45, 2.75) is 26.9 Å². The summed E-state index contributed by atoms with van der Waals surface area (Å²) >= 11 is 0. The molecule has 0 saturated heterocycles. The summed E-state index contributed by atoms with van der Waals surface area (Å²) < 4.78 is 10.9. The Kier molecular flexibility index (Phi) is 3.79. The van der Waals surface area contributed by atoms with Gasteiger partial charge < -0.3 is 14.8 Å². The normalized spacial score (nSPS) is 10.6. The van der Waals surface area contributed by atoms with Gasteiger partial charge in [-0.25, -0.2) is 0 Å². The van der Waals surface area contributed by atoms with E-state index in [4.69, 9.17) is 9.47 Å². The Morgan fingerprint density at radius 3 is 2.53 bits per heavy atom. The molecule has 2 rings (SSSR count). The molecule has 0 aliphatic rings. The van der Waals surface area contributed by atoms with Gasteiger partial charge in [0.2, 0.25) is 11.8 Å². The average molecular weight is 264 g/mol. The van der Waals surface area contributed by atoms with Gasteiger partial charge in [-0.2, -0.15) is 9.97 Å². The Labute approximate surface area is 110 Å². The van der Waals surface area contributed by atoms with Crippen LogP contribution >= 0.6 is 0 Å². The summed E-state index contributed by atoms with van der Waals surface area (Å²) in [5.74, 6) is 0.758. The molecule has 2 aromatic rings. The number of H-pyrrole nitrogens is 1. The Bertz CT molecular complexity index is 554. The molecule has 0 bridgehead atoms. The van der Waals surface area contributed by atoms with Crippen molar-refractivity contribution in [3.05, 3.63) is 11.8 Å². The van der Waals surface area contributed by atoms with E-state index in [1.165, 1.54) is 0 Å². The van der Waals surface area contributed by atoms with Crippen LogP contribution in [0.15, 0.2) is 6.07 Å². The largest absolute Gasteiger partial charge is 0.461 e. The molecule has 0 aliphatic carbocycles. The summed E-state index contributed by atoms with van der Waals surface area (Å²) in [7, 11) is 1.71. The molecule has 0 aromatic carbocycles. The summed E-state index contributed by atoms with van der Waals surface area (Å²) in [6.45, 7) is 5.65. The first-order valence-electron chi connectivity index (χ1n) is 5.87. The molecule has 102 valence electrons. The topological polar surface area (TPSA) is 97.8 Å². The lowest BCUT2D eigenvalue weighted by atomic mass is 10.5. The molecule has 0 fully saturated rings. The number of aromatic amines is 1. The van der Waals surface area contributed by atoms with Gasteiger partial charge in [0.1, 0.15) is 0 Å². The second-order valence-electron chi connectivity index (χ2n) is 4.13. The third kappa shape index (κ3) is 3.54. The fourth-order valence-corrected chi connectivity index (χ4v) is 1.30. The summed E-state index contributed by atoms with van der Waals surface area (Å²) in [6.07, 6.45) is -0.0346. The van der Waals surface area contributed by atoms with E-state index < -0.39 is 0 Å². The molecular weight excluding hydrogens is 248 g/mol. The predicted molar refractivity (Wildman–Crippen MR) is 68.5 cm³/mol. The highest BCUT2D eigenvalue weighted by Gasteiger charge is 2.11. The van der Waals surface area contributed by atoms with Gasteiger partial charge in [0, 0.05) is 18.8 Å². The highest BCUT2D eigenvalue weighted by molar-refractivity contribution is 5.27. The average Bonchev–Trinajstić information content (AvgIpc) is 2.73. The quantitative estimate of drug-likeness (QED) is 0.844. The van der Waals surface area contributed by atoms with E-state index in [9.17, 15) is 0 Å². The molecule has 0 atom stereocenters. The second-order valence-corrected chi connectivity index (χ2v) is 4.13. The van der Waals surface area contributed by atoms with Crippen LogP contribution in [0.5, 0.6) is 17.9 Å². The van der Waals surface area contributed by atoms with Gasteiger partial charge in [-0.1, -0.05) is 0 Å².